The van der Waals surface area contributed by atoms with Crippen LogP contribution in [-0.2, 0) is 13.0 Å². The van der Waals surface area contributed by atoms with Crippen molar-refractivity contribution < 1.29 is 0 Å². The molecular formula is C16H23N3. The number of nitrogens with zero attached hydrogens (tertiary/aromatic N) is 2. The molecule has 3 heteroatoms. The molecule has 2 aromatic rings. The molecule has 1 aromatic heterocycles. The summed E-state index contributed by atoms with van der Waals surface area (Å²) in [7, 11) is 0. The van der Waals surface area contributed by atoms with Crippen molar-refractivity contribution in [1.82, 2.24) is 9.55 Å². The van der Waals surface area contributed by atoms with E-state index in [0.29, 0.717) is 0 Å². The predicted molar refractivity (Wildman–Crippen MR) is 80.5 cm³/mol. The molecule has 0 aliphatic heterocycles. The molecule has 0 amide bonds. The normalized spacial score (nSPS) is 10.6. The van der Waals surface area contributed by atoms with Crippen LogP contribution in [0.25, 0.3) is 0 Å². The first-order chi connectivity index (χ1) is 9.31. The summed E-state index contributed by atoms with van der Waals surface area (Å²) in [5, 5.41) is 3.43. The third-order valence-corrected chi connectivity index (χ3v) is 3.41. The van der Waals surface area contributed by atoms with Gasteiger partial charge >= 0.3 is 0 Å². The maximum atomic E-state index is 4.37. The summed E-state index contributed by atoms with van der Waals surface area (Å²) in [6.07, 6.45) is 7.36. The molecule has 0 atom stereocenters. The van der Waals surface area contributed by atoms with Crippen LogP contribution in [0.4, 0.5) is 5.95 Å². The van der Waals surface area contributed by atoms with Gasteiger partial charge in [-0.1, -0.05) is 37.6 Å². The summed E-state index contributed by atoms with van der Waals surface area (Å²) in [5.41, 5.74) is 2.76. The lowest BCUT2D eigenvalue weighted by Crippen LogP contribution is -2.11. The van der Waals surface area contributed by atoms with E-state index in [9.17, 15) is 0 Å². The molecule has 0 saturated heterocycles. The molecule has 0 aliphatic carbocycles. The SMILES string of the molecule is CCCCn1ccnc1NCCc1ccccc1C. The Labute approximate surface area is 115 Å². The zero-order valence-electron chi connectivity index (χ0n) is 11.9. The van der Waals surface area contributed by atoms with E-state index in [2.05, 4.69) is 53.0 Å². The van der Waals surface area contributed by atoms with E-state index < -0.39 is 0 Å². The number of benzene rings is 1. The fourth-order valence-electron chi connectivity index (χ4n) is 2.18. The second-order valence-electron chi connectivity index (χ2n) is 4.90. The molecule has 102 valence electrons. The first-order valence-electron chi connectivity index (χ1n) is 7.10. The Balaban J connectivity index is 1.86. The Kier molecular flexibility index (Phi) is 5.01. The lowest BCUT2D eigenvalue weighted by Gasteiger charge is -2.10. The Morgan fingerprint density at radius 3 is 2.89 bits per heavy atom. The minimum atomic E-state index is 0.925. The lowest BCUT2D eigenvalue weighted by molar-refractivity contribution is 0.635. The Hall–Kier alpha value is -1.77. The van der Waals surface area contributed by atoms with Crippen molar-refractivity contribution in [1.29, 1.82) is 0 Å². The standard InChI is InChI=1S/C16H23N3/c1-3-4-12-19-13-11-18-16(19)17-10-9-15-8-6-5-7-14(15)2/h5-8,11,13H,3-4,9-10,12H2,1-2H3,(H,17,18). The summed E-state index contributed by atoms with van der Waals surface area (Å²) in [6.45, 7) is 6.34. The molecule has 2 rings (SSSR count). The van der Waals surface area contributed by atoms with Crippen LogP contribution in [0.5, 0.6) is 0 Å². The Morgan fingerprint density at radius 1 is 1.26 bits per heavy atom. The maximum Gasteiger partial charge on any atom is 0.202 e. The summed E-state index contributed by atoms with van der Waals surface area (Å²) in [4.78, 5) is 4.37. The minimum Gasteiger partial charge on any atom is -0.355 e. The Bertz CT molecular complexity index is 502. The fraction of sp³-hybridized carbons (Fsp3) is 0.438. The van der Waals surface area contributed by atoms with Crippen molar-refractivity contribution in [2.75, 3.05) is 11.9 Å². The highest BCUT2D eigenvalue weighted by Gasteiger charge is 2.02. The summed E-state index contributed by atoms with van der Waals surface area (Å²) < 4.78 is 2.20. The van der Waals surface area contributed by atoms with Gasteiger partial charge in [0.1, 0.15) is 0 Å². The second kappa shape index (κ2) is 6.98. The molecule has 0 unspecified atom stereocenters. The van der Waals surface area contributed by atoms with E-state index in [4.69, 9.17) is 0 Å². The molecule has 1 aromatic carbocycles. The van der Waals surface area contributed by atoms with Gasteiger partial charge in [0.25, 0.3) is 0 Å². The van der Waals surface area contributed by atoms with Gasteiger partial charge in [-0.05, 0) is 30.9 Å². The predicted octanol–water partition coefficient (Wildman–Crippen LogP) is 3.65. The average Bonchev–Trinajstić information content (AvgIpc) is 2.86. The molecule has 3 nitrogen and oxygen atoms in total. The average molecular weight is 257 g/mol. The van der Waals surface area contributed by atoms with Crippen molar-refractivity contribution in [3.05, 3.63) is 47.8 Å². The lowest BCUT2D eigenvalue weighted by atomic mass is 10.1. The molecular weight excluding hydrogens is 234 g/mol. The van der Waals surface area contributed by atoms with E-state index >= 15 is 0 Å². The largest absolute Gasteiger partial charge is 0.355 e. The molecule has 0 radical (unpaired) electrons. The van der Waals surface area contributed by atoms with Crippen molar-refractivity contribution in [2.45, 2.75) is 39.7 Å². The number of imidazole rings is 1. The molecule has 19 heavy (non-hydrogen) atoms. The van der Waals surface area contributed by atoms with Gasteiger partial charge in [-0.2, -0.15) is 0 Å². The third-order valence-electron chi connectivity index (χ3n) is 3.41. The summed E-state index contributed by atoms with van der Waals surface area (Å²) in [6, 6.07) is 8.55. The molecule has 0 saturated carbocycles. The van der Waals surface area contributed by atoms with Crippen LogP contribution in [0.1, 0.15) is 30.9 Å². The quantitative estimate of drug-likeness (QED) is 0.820. The van der Waals surface area contributed by atoms with E-state index in [-0.39, 0.29) is 0 Å². The van der Waals surface area contributed by atoms with Crippen LogP contribution >= 0.6 is 0 Å². The van der Waals surface area contributed by atoms with E-state index in [1.165, 1.54) is 24.0 Å². The van der Waals surface area contributed by atoms with Gasteiger partial charge in [-0.15, -0.1) is 0 Å². The smallest absolute Gasteiger partial charge is 0.202 e. The highest BCUT2D eigenvalue weighted by molar-refractivity contribution is 5.29. The second-order valence-corrected chi connectivity index (χ2v) is 4.90. The van der Waals surface area contributed by atoms with Crippen LogP contribution in [0.3, 0.4) is 0 Å². The number of unbranched alkanes of at least 4 members (excludes halogenated alkanes) is 1. The van der Waals surface area contributed by atoms with Gasteiger partial charge in [-0.3, -0.25) is 0 Å². The molecule has 0 bridgehead atoms. The van der Waals surface area contributed by atoms with Crippen LogP contribution in [0.2, 0.25) is 0 Å². The van der Waals surface area contributed by atoms with E-state index in [1.54, 1.807) is 0 Å². The van der Waals surface area contributed by atoms with Gasteiger partial charge < -0.3 is 9.88 Å². The number of rotatable bonds is 7. The molecule has 0 aliphatic rings. The maximum absolute atomic E-state index is 4.37. The van der Waals surface area contributed by atoms with E-state index in [0.717, 1.165) is 25.5 Å². The number of aryl methyl sites for hydroxylation is 2. The first-order valence-corrected chi connectivity index (χ1v) is 7.10. The highest BCUT2D eigenvalue weighted by atomic mass is 15.2. The van der Waals surface area contributed by atoms with Crippen LogP contribution in [0, 0.1) is 6.92 Å². The van der Waals surface area contributed by atoms with Gasteiger partial charge in [0.05, 0.1) is 0 Å². The molecule has 0 spiro atoms. The van der Waals surface area contributed by atoms with Crippen molar-refractivity contribution in [3.8, 4) is 0 Å². The minimum absolute atomic E-state index is 0.925. The third kappa shape index (κ3) is 3.85. The summed E-state index contributed by atoms with van der Waals surface area (Å²) >= 11 is 0. The van der Waals surface area contributed by atoms with Gasteiger partial charge in [0.15, 0.2) is 0 Å². The van der Waals surface area contributed by atoms with Gasteiger partial charge in [0, 0.05) is 25.5 Å². The fourth-order valence-corrected chi connectivity index (χ4v) is 2.18. The van der Waals surface area contributed by atoms with Crippen LogP contribution in [-0.4, -0.2) is 16.1 Å². The molecule has 0 fully saturated rings. The van der Waals surface area contributed by atoms with Gasteiger partial charge in [0.2, 0.25) is 5.95 Å². The number of aromatic nitrogens is 2. The van der Waals surface area contributed by atoms with Crippen LogP contribution < -0.4 is 5.32 Å². The van der Waals surface area contributed by atoms with Crippen LogP contribution in [0.15, 0.2) is 36.7 Å². The number of hydrogen-bond acceptors (Lipinski definition) is 2. The van der Waals surface area contributed by atoms with Crippen molar-refractivity contribution in [2.24, 2.45) is 0 Å². The zero-order valence-corrected chi connectivity index (χ0v) is 11.9. The number of anilines is 1. The molecule has 1 N–H and O–H groups in total. The number of hydrogen-bond donors (Lipinski definition) is 1. The summed E-state index contributed by atoms with van der Waals surface area (Å²) in [5.74, 6) is 0.988. The Morgan fingerprint density at radius 2 is 2.11 bits per heavy atom. The van der Waals surface area contributed by atoms with Crippen molar-refractivity contribution >= 4 is 5.95 Å². The number of nitrogens with one attached hydrogen (secondary N) is 1. The first kappa shape index (κ1) is 13.7. The van der Waals surface area contributed by atoms with Gasteiger partial charge in [-0.25, -0.2) is 4.98 Å². The zero-order chi connectivity index (χ0) is 13.5. The molecule has 1 heterocycles. The topological polar surface area (TPSA) is 29.9 Å². The van der Waals surface area contributed by atoms with Crippen molar-refractivity contribution in [3.63, 3.8) is 0 Å². The van der Waals surface area contributed by atoms with E-state index in [1.807, 2.05) is 12.4 Å². The monoisotopic (exact) mass is 257 g/mol. The highest BCUT2D eigenvalue weighted by Crippen LogP contribution is 2.10.